The topological polar surface area (TPSA) is 161 Å². The van der Waals surface area contributed by atoms with Crippen LogP contribution in [0.15, 0.2) is 0 Å². The van der Waals surface area contributed by atoms with Gasteiger partial charge in [-0.25, -0.2) is 16.8 Å². The van der Waals surface area contributed by atoms with Crippen LogP contribution >= 0.6 is 0 Å². The Morgan fingerprint density at radius 1 is 1.29 bits per heavy atom. The first kappa shape index (κ1) is 15.8. The van der Waals surface area contributed by atoms with E-state index in [0.717, 1.165) is 0 Å². The Balaban J connectivity index is 4.88. The zero-order valence-electron chi connectivity index (χ0n) is 8.78. The molecular formula is C6H12N2O7S2. The highest BCUT2D eigenvalue weighted by atomic mass is 32.3. The third-order valence-corrected chi connectivity index (χ3v) is 4.99. The molecule has 0 saturated carbocycles. The Kier molecular flexibility index (Phi) is 5.04. The van der Waals surface area contributed by atoms with E-state index in [1.807, 2.05) is 0 Å². The molecule has 0 aromatic rings. The van der Waals surface area contributed by atoms with Crippen LogP contribution in [0, 0.1) is 0 Å². The smallest absolute Gasteiger partial charge is 0.322 e. The second-order valence-electron chi connectivity index (χ2n) is 3.34. The highest BCUT2D eigenvalue weighted by Crippen LogP contribution is 1.99. The normalized spacial score (nSPS) is 14.2. The molecule has 17 heavy (non-hydrogen) atoms. The van der Waals surface area contributed by atoms with Gasteiger partial charge < -0.3 is 10.8 Å². The van der Waals surface area contributed by atoms with Crippen molar-refractivity contribution in [2.75, 3.05) is 11.3 Å². The summed E-state index contributed by atoms with van der Waals surface area (Å²) in [6.45, 7) is 0. The van der Waals surface area contributed by atoms with Gasteiger partial charge in [0.05, 0.1) is 6.42 Å². The first-order valence-corrected chi connectivity index (χ1v) is 7.83. The minimum absolute atomic E-state index is 0.677. The Morgan fingerprint density at radius 2 is 1.76 bits per heavy atom. The van der Waals surface area contributed by atoms with Crippen molar-refractivity contribution in [1.29, 1.82) is 0 Å². The number of nitrogens with two attached hydrogens (primary N) is 1. The average Bonchev–Trinajstić information content (AvgIpc) is 1.95. The van der Waals surface area contributed by atoms with Crippen LogP contribution in [0.3, 0.4) is 0 Å². The maximum atomic E-state index is 11.2. The summed E-state index contributed by atoms with van der Waals surface area (Å²) >= 11 is 0. The van der Waals surface area contributed by atoms with Crippen molar-refractivity contribution in [2.24, 2.45) is 5.73 Å². The van der Waals surface area contributed by atoms with Crippen LogP contribution < -0.4 is 10.5 Å². The maximum Gasteiger partial charge on any atom is 0.322 e. The lowest BCUT2D eigenvalue weighted by Crippen LogP contribution is -2.44. The van der Waals surface area contributed by atoms with E-state index in [4.69, 9.17) is 10.8 Å². The molecule has 0 aliphatic carbocycles. The molecule has 1 amide bonds. The Labute approximate surface area is 98.0 Å². The number of sulfone groups is 1. The molecule has 9 nitrogen and oxygen atoms in total. The van der Waals surface area contributed by atoms with Crippen molar-refractivity contribution < 1.29 is 31.5 Å². The van der Waals surface area contributed by atoms with E-state index < -0.39 is 49.3 Å². The van der Waals surface area contributed by atoms with Gasteiger partial charge in [-0.15, -0.1) is 0 Å². The molecule has 0 spiro atoms. The molecule has 0 fully saturated rings. The second kappa shape index (κ2) is 5.42. The Morgan fingerprint density at radius 3 is 2.06 bits per heavy atom. The van der Waals surface area contributed by atoms with E-state index in [0.29, 0.717) is 6.26 Å². The molecule has 0 aliphatic heterocycles. The molecular weight excluding hydrogens is 276 g/mol. The fourth-order valence-corrected chi connectivity index (χ4v) is 4.06. The summed E-state index contributed by atoms with van der Waals surface area (Å²) in [7, 11) is -8.20. The number of aliphatic carboxylic acids is 1. The molecule has 0 heterocycles. The lowest BCUT2D eigenvalue weighted by atomic mass is 10.2. The van der Waals surface area contributed by atoms with Crippen LogP contribution in [0.25, 0.3) is 0 Å². The number of carboxylic acid groups (broad SMARTS) is 1. The van der Waals surface area contributed by atoms with E-state index >= 15 is 0 Å². The minimum Gasteiger partial charge on any atom is -0.480 e. The van der Waals surface area contributed by atoms with E-state index in [2.05, 4.69) is 0 Å². The van der Waals surface area contributed by atoms with E-state index in [9.17, 15) is 26.4 Å². The molecule has 1 atom stereocenters. The number of sulfonamides is 1. The number of hydrogen-bond donors (Lipinski definition) is 3. The Hall–Kier alpha value is -1.20. The molecule has 0 aromatic heterocycles. The molecule has 4 N–H and O–H groups in total. The van der Waals surface area contributed by atoms with Crippen LogP contribution in [-0.4, -0.2) is 51.2 Å². The van der Waals surface area contributed by atoms with Crippen molar-refractivity contribution in [3.05, 3.63) is 0 Å². The van der Waals surface area contributed by atoms with E-state index in [-0.39, 0.29) is 0 Å². The van der Waals surface area contributed by atoms with Gasteiger partial charge >= 0.3 is 5.97 Å². The molecule has 11 heteroatoms. The number of primary amides is 1. The summed E-state index contributed by atoms with van der Waals surface area (Å²) in [6, 6.07) is -1.78. The van der Waals surface area contributed by atoms with Gasteiger partial charge in [0.2, 0.25) is 15.9 Å². The standard InChI is InChI=1S/C6H12N2O7S2/c1-16(12,13)3-17(14,15)8-4(6(10)11)2-5(7)9/h4,8H,2-3H2,1H3,(H2,7,9)(H,10,11)/t4-/m0/s1. The molecule has 0 aromatic carbocycles. The third kappa shape index (κ3) is 7.65. The third-order valence-electron chi connectivity index (χ3n) is 1.39. The minimum atomic E-state index is -4.36. The number of carboxylic acids is 1. The van der Waals surface area contributed by atoms with Crippen molar-refractivity contribution in [2.45, 2.75) is 12.5 Å². The van der Waals surface area contributed by atoms with Crippen LogP contribution in [-0.2, 0) is 29.4 Å². The number of rotatable bonds is 7. The monoisotopic (exact) mass is 288 g/mol. The summed E-state index contributed by atoms with van der Waals surface area (Å²) in [5.41, 5.74) is 4.72. The highest BCUT2D eigenvalue weighted by molar-refractivity contribution is 8.06. The summed E-state index contributed by atoms with van der Waals surface area (Å²) in [5.74, 6) is -2.65. The largest absolute Gasteiger partial charge is 0.480 e. The van der Waals surface area contributed by atoms with Gasteiger partial charge in [-0.3, -0.25) is 9.59 Å². The molecule has 0 saturated heterocycles. The predicted molar refractivity (Wildman–Crippen MR) is 57.0 cm³/mol. The zero-order valence-corrected chi connectivity index (χ0v) is 10.4. The van der Waals surface area contributed by atoms with Gasteiger partial charge in [0, 0.05) is 6.26 Å². The van der Waals surface area contributed by atoms with Crippen molar-refractivity contribution >= 4 is 31.7 Å². The number of carbonyl (C=O) groups excluding carboxylic acids is 1. The fourth-order valence-electron chi connectivity index (χ4n) is 0.913. The van der Waals surface area contributed by atoms with Gasteiger partial charge in [0.25, 0.3) is 0 Å². The first-order valence-electron chi connectivity index (χ1n) is 4.12. The number of amides is 1. The molecule has 0 bridgehead atoms. The van der Waals surface area contributed by atoms with Gasteiger partial charge in [-0.1, -0.05) is 0 Å². The van der Waals surface area contributed by atoms with Gasteiger partial charge in [0.15, 0.2) is 14.9 Å². The molecule has 0 radical (unpaired) electrons. The molecule has 0 aliphatic rings. The quantitative estimate of drug-likeness (QED) is 0.457. The molecule has 0 rings (SSSR count). The van der Waals surface area contributed by atoms with Crippen molar-refractivity contribution in [1.82, 2.24) is 4.72 Å². The van der Waals surface area contributed by atoms with Crippen molar-refractivity contribution in [3.63, 3.8) is 0 Å². The van der Waals surface area contributed by atoms with Gasteiger partial charge in [0.1, 0.15) is 6.04 Å². The SMILES string of the molecule is CS(=O)(=O)CS(=O)(=O)N[C@@H](CC(N)=O)C(=O)O. The summed E-state index contributed by atoms with van der Waals surface area (Å²) in [5, 5.41) is 7.34. The van der Waals surface area contributed by atoms with Crippen LogP contribution in [0.1, 0.15) is 6.42 Å². The second-order valence-corrected chi connectivity index (χ2v) is 7.60. The summed E-state index contributed by atoms with van der Waals surface area (Å²) < 4.78 is 45.6. The van der Waals surface area contributed by atoms with Gasteiger partial charge in [-0.05, 0) is 0 Å². The zero-order chi connectivity index (χ0) is 13.9. The summed E-state index contributed by atoms with van der Waals surface area (Å²) in [6.07, 6.45) is -0.0889. The maximum absolute atomic E-state index is 11.2. The molecule has 100 valence electrons. The van der Waals surface area contributed by atoms with Crippen molar-refractivity contribution in [3.8, 4) is 0 Å². The van der Waals surface area contributed by atoms with Crippen LogP contribution in [0.5, 0.6) is 0 Å². The predicted octanol–water partition coefficient (Wildman–Crippen LogP) is -2.76. The average molecular weight is 288 g/mol. The van der Waals surface area contributed by atoms with Crippen LogP contribution in [0.4, 0.5) is 0 Å². The van der Waals surface area contributed by atoms with Crippen LogP contribution in [0.2, 0.25) is 0 Å². The lowest BCUT2D eigenvalue weighted by molar-refractivity contribution is -0.140. The van der Waals surface area contributed by atoms with Gasteiger partial charge in [-0.2, -0.15) is 4.72 Å². The number of hydrogen-bond acceptors (Lipinski definition) is 6. The lowest BCUT2D eigenvalue weighted by Gasteiger charge is -2.12. The number of nitrogens with one attached hydrogen (secondary N) is 1. The fraction of sp³-hybridized carbons (Fsp3) is 0.667. The number of carbonyl (C=O) groups is 2. The Bertz CT molecular complexity index is 506. The summed E-state index contributed by atoms with van der Waals surface area (Å²) in [4.78, 5) is 21.1. The molecule has 0 unspecified atom stereocenters. The van der Waals surface area contributed by atoms with E-state index in [1.54, 1.807) is 4.72 Å². The first-order chi connectivity index (χ1) is 7.43. The highest BCUT2D eigenvalue weighted by Gasteiger charge is 2.27. The van der Waals surface area contributed by atoms with E-state index in [1.165, 1.54) is 0 Å².